The predicted octanol–water partition coefficient (Wildman–Crippen LogP) is 0.674. The molecular formula is C10H10IN9. The van der Waals surface area contributed by atoms with E-state index in [0.717, 1.165) is 3.57 Å². The lowest BCUT2D eigenvalue weighted by atomic mass is 10.7. The second-order valence-corrected chi connectivity index (χ2v) is 4.98. The van der Waals surface area contributed by atoms with E-state index in [1.807, 2.05) is 13.1 Å². The van der Waals surface area contributed by atoms with Gasteiger partial charge in [-0.05, 0) is 29.5 Å². The van der Waals surface area contributed by atoms with Gasteiger partial charge in [-0.15, -0.1) is 0 Å². The molecule has 1 N–H and O–H groups in total. The first-order chi connectivity index (χ1) is 9.76. The minimum atomic E-state index is 0.383. The van der Waals surface area contributed by atoms with Crippen LogP contribution in [0.4, 0.5) is 5.95 Å². The zero-order valence-corrected chi connectivity index (χ0v) is 12.6. The third-order valence-electron chi connectivity index (χ3n) is 2.33. The second kappa shape index (κ2) is 5.48. The third-order valence-corrected chi connectivity index (χ3v) is 2.88. The van der Waals surface area contributed by atoms with Crippen molar-refractivity contribution in [1.82, 2.24) is 39.5 Å². The van der Waals surface area contributed by atoms with E-state index in [1.165, 1.54) is 17.3 Å². The van der Waals surface area contributed by atoms with Gasteiger partial charge in [0.1, 0.15) is 12.7 Å². The summed E-state index contributed by atoms with van der Waals surface area (Å²) in [6.07, 6.45) is 6.51. The largest absolute Gasteiger partial charge is 0.354 e. The van der Waals surface area contributed by atoms with Crippen LogP contribution in [0.3, 0.4) is 0 Å². The minimum Gasteiger partial charge on any atom is -0.354 e. The molecule has 0 bridgehead atoms. The van der Waals surface area contributed by atoms with Crippen molar-refractivity contribution < 1.29 is 0 Å². The highest BCUT2D eigenvalue weighted by molar-refractivity contribution is 14.1. The van der Waals surface area contributed by atoms with Crippen LogP contribution in [-0.2, 0) is 0 Å². The molecule has 0 aliphatic rings. The smallest absolute Gasteiger partial charge is 0.258 e. The van der Waals surface area contributed by atoms with Crippen molar-refractivity contribution in [3.63, 3.8) is 0 Å². The van der Waals surface area contributed by atoms with E-state index in [9.17, 15) is 0 Å². The molecule has 0 aliphatic carbocycles. The lowest BCUT2D eigenvalue weighted by Crippen LogP contribution is -2.13. The fourth-order valence-electron chi connectivity index (χ4n) is 1.52. The van der Waals surface area contributed by atoms with Crippen molar-refractivity contribution in [3.8, 4) is 11.9 Å². The van der Waals surface area contributed by atoms with Gasteiger partial charge in [0.2, 0.25) is 5.95 Å². The molecule has 0 aromatic carbocycles. The first-order valence-corrected chi connectivity index (χ1v) is 6.89. The van der Waals surface area contributed by atoms with Crippen LogP contribution in [-0.4, -0.2) is 46.0 Å². The van der Waals surface area contributed by atoms with Gasteiger partial charge in [0.15, 0.2) is 0 Å². The summed E-state index contributed by atoms with van der Waals surface area (Å²) in [6, 6.07) is 0. The maximum atomic E-state index is 4.34. The molecule has 0 saturated carbocycles. The topological polar surface area (TPSA) is 99.2 Å². The van der Waals surface area contributed by atoms with E-state index in [-0.39, 0.29) is 0 Å². The van der Waals surface area contributed by atoms with E-state index < -0.39 is 0 Å². The van der Waals surface area contributed by atoms with Crippen molar-refractivity contribution in [3.05, 3.63) is 28.6 Å². The number of halogens is 1. The van der Waals surface area contributed by atoms with E-state index in [1.54, 1.807) is 10.9 Å². The minimum absolute atomic E-state index is 0.383. The molecular weight excluding hydrogens is 373 g/mol. The van der Waals surface area contributed by atoms with Crippen molar-refractivity contribution in [2.75, 3.05) is 11.9 Å². The Hall–Kier alpha value is -2.11. The number of hydrogen-bond acceptors (Lipinski definition) is 7. The van der Waals surface area contributed by atoms with Gasteiger partial charge in [-0.1, -0.05) is 0 Å². The molecule has 0 aliphatic heterocycles. The molecule has 9 nitrogen and oxygen atoms in total. The normalized spacial score (nSPS) is 10.7. The number of rotatable bonds is 4. The van der Waals surface area contributed by atoms with Gasteiger partial charge in [0.25, 0.3) is 11.9 Å². The van der Waals surface area contributed by atoms with Gasteiger partial charge in [0.05, 0.1) is 9.77 Å². The highest BCUT2D eigenvalue weighted by Gasteiger charge is 2.10. The van der Waals surface area contributed by atoms with Gasteiger partial charge in [-0.3, -0.25) is 0 Å². The molecule has 3 aromatic heterocycles. The molecule has 3 heterocycles. The van der Waals surface area contributed by atoms with Crippen LogP contribution in [0.1, 0.15) is 6.92 Å². The molecule has 20 heavy (non-hydrogen) atoms. The monoisotopic (exact) mass is 383 g/mol. The molecule has 0 unspecified atom stereocenters. The van der Waals surface area contributed by atoms with Gasteiger partial charge < -0.3 is 5.32 Å². The zero-order chi connectivity index (χ0) is 13.9. The van der Waals surface area contributed by atoms with E-state index >= 15 is 0 Å². The average molecular weight is 383 g/mol. The number of aromatic nitrogens is 8. The van der Waals surface area contributed by atoms with Crippen LogP contribution in [0.5, 0.6) is 0 Å². The predicted molar refractivity (Wildman–Crippen MR) is 78.7 cm³/mol. The van der Waals surface area contributed by atoms with Crippen molar-refractivity contribution in [1.29, 1.82) is 0 Å². The third kappa shape index (κ3) is 2.59. The van der Waals surface area contributed by atoms with Crippen LogP contribution >= 0.6 is 22.6 Å². The molecule has 102 valence electrons. The molecule has 10 heteroatoms. The Morgan fingerprint density at radius 3 is 2.55 bits per heavy atom. The molecule has 0 saturated heterocycles. The van der Waals surface area contributed by atoms with Crippen molar-refractivity contribution >= 4 is 28.5 Å². The first kappa shape index (κ1) is 12.9. The Kier molecular flexibility index (Phi) is 3.54. The maximum absolute atomic E-state index is 4.34. The van der Waals surface area contributed by atoms with Crippen molar-refractivity contribution in [2.24, 2.45) is 0 Å². The Balaban J connectivity index is 2.09. The number of nitrogens with zero attached hydrogens (tertiary/aromatic N) is 8. The Bertz CT molecular complexity index is 705. The molecule has 0 fully saturated rings. The molecule has 0 amide bonds. The van der Waals surface area contributed by atoms with Crippen LogP contribution < -0.4 is 5.32 Å². The average Bonchev–Trinajstić information content (AvgIpc) is 3.09. The summed E-state index contributed by atoms with van der Waals surface area (Å²) in [4.78, 5) is 16.8. The van der Waals surface area contributed by atoms with E-state index in [4.69, 9.17) is 0 Å². The molecule has 0 radical (unpaired) electrons. The highest BCUT2D eigenvalue weighted by atomic mass is 127. The van der Waals surface area contributed by atoms with Crippen LogP contribution in [0.2, 0.25) is 0 Å². The lowest BCUT2D eigenvalue weighted by Gasteiger charge is -2.06. The van der Waals surface area contributed by atoms with Gasteiger partial charge in [-0.2, -0.15) is 29.8 Å². The fourth-order valence-corrected chi connectivity index (χ4v) is 1.91. The van der Waals surface area contributed by atoms with Crippen LogP contribution in [0.15, 0.2) is 25.0 Å². The second-order valence-electron chi connectivity index (χ2n) is 3.73. The molecule has 0 spiro atoms. The Labute approximate surface area is 127 Å². The number of anilines is 1. The van der Waals surface area contributed by atoms with E-state index in [0.29, 0.717) is 24.4 Å². The van der Waals surface area contributed by atoms with Crippen molar-refractivity contribution in [2.45, 2.75) is 6.92 Å². The first-order valence-electron chi connectivity index (χ1n) is 5.82. The molecule has 3 rings (SSSR count). The molecule has 0 atom stereocenters. The Morgan fingerprint density at radius 1 is 1.15 bits per heavy atom. The number of nitrogens with one attached hydrogen (secondary N) is 1. The quantitative estimate of drug-likeness (QED) is 0.662. The highest BCUT2D eigenvalue weighted by Crippen LogP contribution is 2.10. The van der Waals surface area contributed by atoms with Gasteiger partial charge >= 0.3 is 0 Å². The van der Waals surface area contributed by atoms with E-state index in [2.05, 4.69) is 58.0 Å². The van der Waals surface area contributed by atoms with Gasteiger partial charge in [0, 0.05) is 12.7 Å². The van der Waals surface area contributed by atoms with Crippen LogP contribution in [0.25, 0.3) is 11.9 Å². The zero-order valence-electron chi connectivity index (χ0n) is 10.5. The summed E-state index contributed by atoms with van der Waals surface area (Å²) in [5.74, 6) is 1.27. The Morgan fingerprint density at radius 2 is 1.95 bits per heavy atom. The standard InChI is InChI=1S/C10H10IN9/c1-2-13-8-16-9(19-4-7(11)3-14-19)18-10(17-8)20-6-12-5-15-20/h3-6H,2H2,1H3,(H,13,16,17,18). The number of hydrogen-bond donors (Lipinski definition) is 1. The summed E-state index contributed by atoms with van der Waals surface area (Å²) in [7, 11) is 0. The summed E-state index contributed by atoms with van der Waals surface area (Å²) in [5, 5.41) is 11.3. The lowest BCUT2D eigenvalue weighted by molar-refractivity contribution is 0.744. The van der Waals surface area contributed by atoms with Crippen LogP contribution in [0, 0.1) is 3.57 Å². The summed E-state index contributed by atoms with van der Waals surface area (Å²) in [5.41, 5.74) is 0. The maximum Gasteiger partial charge on any atom is 0.258 e. The SMILES string of the molecule is CCNc1nc(-n2cncn2)nc(-n2cc(I)cn2)n1. The molecule has 3 aromatic rings. The summed E-state index contributed by atoms with van der Waals surface area (Å²) >= 11 is 2.17. The summed E-state index contributed by atoms with van der Waals surface area (Å²) < 4.78 is 4.06. The summed E-state index contributed by atoms with van der Waals surface area (Å²) in [6.45, 7) is 2.67. The fraction of sp³-hybridized carbons (Fsp3) is 0.200. The van der Waals surface area contributed by atoms with Gasteiger partial charge in [-0.25, -0.2) is 9.67 Å².